The Labute approximate surface area is 142 Å². The number of urea groups is 1. The molecule has 2 aromatic rings. The first-order chi connectivity index (χ1) is 11.5. The van der Waals surface area contributed by atoms with Gasteiger partial charge in [-0.3, -0.25) is 14.6 Å². The molecule has 3 heterocycles. The number of piperazine rings is 1. The van der Waals surface area contributed by atoms with Crippen LogP contribution in [0, 0.1) is 6.92 Å². The Morgan fingerprint density at radius 2 is 2.00 bits per heavy atom. The Hall–Kier alpha value is -2.41. The highest BCUT2D eigenvalue weighted by atomic mass is 16.2. The normalized spacial score (nSPS) is 16.9. The quantitative estimate of drug-likeness (QED) is 0.936. The molecule has 1 saturated heterocycles. The zero-order valence-electron chi connectivity index (χ0n) is 14.4. The topological polar surface area (TPSA) is 66.3 Å². The fraction of sp³-hybridized carbons (Fsp3) is 0.471. The predicted molar refractivity (Wildman–Crippen MR) is 92.8 cm³/mol. The predicted octanol–water partition coefficient (Wildman–Crippen LogP) is 2.03. The summed E-state index contributed by atoms with van der Waals surface area (Å²) < 4.78 is 1.71. The van der Waals surface area contributed by atoms with E-state index >= 15 is 0 Å². The highest BCUT2D eigenvalue weighted by Gasteiger charge is 2.25. The second-order valence-corrected chi connectivity index (χ2v) is 6.19. The molecule has 1 aliphatic heterocycles. The first-order valence-electron chi connectivity index (χ1n) is 8.26. The van der Waals surface area contributed by atoms with Crippen molar-refractivity contribution in [1.29, 1.82) is 0 Å². The van der Waals surface area contributed by atoms with Crippen LogP contribution in [-0.2, 0) is 7.05 Å². The number of rotatable bonds is 3. The average molecular weight is 328 g/mol. The minimum atomic E-state index is -0.0590. The van der Waals surface area contributed by atoms with Crippen molar-refractivity contribution < 1.29 is 4.79 Å². The molecule has 0 radical (unpaired) electrons. The molecule has 128 valence electrons. The van der Waals surface area contributed by atoms with Crippen LogP contribution in [0.5, 0.6) is 0 Å². The number of pyridine rings is 1. The largest absolute Gasteiger partial charge is 0.322 e. The number of carbonyl (C=O) groups excluding carboxylic acids is 1. The summed E-state index contributed by atoms with van der Waals surface area (Å²) in [5.74, 6) is 0. The van der Waals surface area contributed by atoms with Gasteiger partial charge in [-0.25, -0.2) is 4.79 Å². The van der Waals surface area contributed by atoms with Crippen molar-refractivity contribution in [3.8, 4) is 0 Å². The van der Waals surface area contributed by atoms with Gasteiger partial charge in [0.15, 0.2) is 0 Å². The lowest BCUT2D eigenvalue weighted by molar-refractivity contribution is 0.118. The molecule has 2 aromatic heterocycles. The van der Waals surface area contributed by atoms with Gasteiger partial charge in [0.25, 0.3) is 0 Å². The number of nitrogens with one attached hydrogen (secondary N) is 1. The van der Waals surface area contributed by atoms with Crippen LogP contribution in [-0.4, -0.2) is 56.8 Å². The number of nitrogens with zero attached hydrogens (tertiary/aromatic N) is 5. The van der Waals surface area contributed by atoms with Crippen molar-refractivity contribution in [2.75, 3.05) is 31.5 Å². The third-order valence-corrected chi connectivity index (χ3v) is 4.52. The molecule has 1 unspecified atom stereocenters. The van der Waals surface area contributed by atoms with Crippen molar-refractivity contribution in [2.45, 2.75) is 19.9 Å². The molecule has 1 N–H and O–H groups in total. The van der Waals surface area contributed by atoms with Crippen LogP contribution in [0.2, 0.25) is 0 Å². The number of aryl methyl sites for hydroxylation is 2. The van der Waals surface area contributed by atoms with Crippen molar-refractivity contribution in [1.82, 2.24) is 24.6 Å². The highest BCUT2D eigenvalue weighted by Crippen LogP contribution is 2.20. The lowest BCUT2D eigenvalue weighted by Gasteiger charge is -2.37. The van der Waals surface area contributed by atoms with Crippen molar-refractivity contribution in [2.24, 2.45) is 7.05 Å². The summed E-state index contributed by atoms with van der Waals surface area (Å²) in [5, 5.41) is 7.20. The SMILES string of the molecule is Cc1nn(C)cc1NC(=O)N1CCN(C(C)c2ccccn2)CC1. The molecule has 0 saturated carbocycles. The molecular weight excluding hydrogens is 304 g/mol. The number of aromatic nitrogens is 3. The standard InChI is InChI=1S/C17H24N6O/c1-13-16(12-21(3)20-13)19-17(24)23-10-8-22(9-11-23)14(2)15-6-4-5-7-18-15/h4-7,12,14H,8-11H2,1-3H3,(H,19,24). The molecule has 1 aliphatic rings. The summed E-state index contributed by atoms with van der Waals surface area (Å²) in [7, 11) is 1.85. The van der Waals surface area contributed by atoms with Crippen LogP contribution in [0.3, 0.4) is 0 Å². The van der Waals surface area contributed by atoms with E-state index in [-0.39, 0.29) is 12.1 Å². The summed E-state index contributed by atoms with van der Waals surface area (Å²) in [4.78, 5) is 21.1. The van der Waals surface area contributed by atoms with Crippen LogP contribution < -0.4 is 5.32 Å². The lowest BCUT2D eigenvalue weighted by atomic mass is 10.1. The molecular formula is C17H24N6O. The van der Waals surface area contributed by atoms with Crippen LogP contribution >= 0.6 is 0 Å². The van der Waals surface area contributed by atoms with E-state index in [1.165, 1.54) is 0 Å². The van der Waals surface area contributed by atoms with Gasteiger partial charge in [-0.2, -0.15) is 5.10 Å². The maximum atomic E-state index is 12.4. The van der Waals surface area contributed by atoms with Gasteiger partial charge in [0.2, 0.25) is 0 Å². The molecule has 2 amide bonds. The van der Waals surface area contributed by atoms with Crippen LogP contribution in [0.4, 0.5) is 10.5 Å². The fourth-order valence-electron chi connectivity index (χ4n) is 3.04. The van der Waals surface area contributed by atoms with Gasteiger partial charge in [0, 0.05) is 51.7 Å². The number of anilines is 1. The van der Waals surface area contributed by atoms with Crippen molar-refractivity contribution in [3.05, 3.63) is 42.0 Å². The van der Waals surface area contributed by atoms with E-state index in [0.717, 1.165) is 30.2 Å². The Morgan fingerprint density at radius 3 is 2.58 bits per heavy atom. The van der Waals surface area contributed by atoms with Gasteiger partial charge in [0.05, 0.1) is 17.1 Å². The van der Waals surface area contributed by atoms with Crippen LogP contribution in [0.15, 0.2) is 30.6 Å². The summed E-state index contributed by atoms with van der Waals surface area (Å²) >= 11 is 0. The Balaban J connectivity index is 1.55. The first-order valence-corrected chi connectivity index (χ1v) is 8.26. The first kappa shape index (κ1) is 16.4. The van der Waals surface area contributed by atoms with E-state index < -0.39 is 0 Å². The molecule has 0 aliphatic carbocycles. The molecule has 7 heteroatoms. The molecule has 0 aromatic carbocycles. The number of hydrogen-bond donors (Lipinski definition) is 1. The molecule has 7 nitrogen and oxygen atoms in total. The Bertz CT molecular complexity index is 690. The van der Waals surface area contributed by atoms with Gasteiger partial charge < -0.3 is 10.2 Å². The minimum Gasteiger partial charge on any atom is -0.322 e. The van der Waals surface area contributed by atoms with E-state index in [1.54, 1.807) is 4.68 Å². The van der Waals surface area contributed by atoms with E-state index in [9.17, 15) is 4.79 Å². The van der Waals surface area contributed by atoms with Gasteiger partial charge in [-0.1, -0.05) is 6.07 Å². The fourth-order valence-corrected chi connectivity index (χ4v) is 3.04. The van der Waals surface area contributed by atoms with E-state index in [2.05, 4.69) is 33.3 Å². The Kier molecular flexibility index (Phi) is 4.80. The van der Waals surface area contributed by atoms with Gasteiger partial charge in [0.1, 0.15) is 0 Å². The molecule has 0 spiro atoms. The molecule has 0 bridgehead atoms. The molecule has 1 atom stereocenters. The number of amides is 2. The average Bonchev–Trinajstić information content (AvgIpc) is 2.92. The monoisotopic (exact) mass is 328 g/mol. The maximum absolute atomic E-state index is 12.4. The third kappa shape index (κ3) is 3.56. The molecule has 1 fully saturated rings. The zero-order valence-corrected chi connectivity index (χ0v) is 14.4. The second kappa shape index (κ2) is 7.00. The number of hydrogen-bond acceptors (Lipinski definition) is 4. The van der Waals surface area contributed by atoms with E-state index in [0.29, 0.717) is 13.1 Å². The maximum Gasteiger partial charge on any atom is 0.322 e. The smallest absolute Gasteiger partial charge is 0.322 e. The van der Waals surface area contributed by atoms with Crippen LogP contribution in [0.1, 0.15) is 24.4 Å². The van der Waals surface area contributed by atoms with E-state index in [4.69, 9.17) is 0 Å². The van der Waals surface area contributed by atoms with Crippen LogP contribution in [0.25, 0.3) is 0 Å². The minimum absolute atomic E-state index is 0.0590. The van der Waals surface area contributed by atoms with Gasteiger partial charge in [-0.15, -0.1) is 0 Å². The molecule has 24 heavy (non-hydrogen) atoms. The zero-order chi connectivity index (χ0) is 17.1. The van der Waals surface area contributed by atoms with Crippen molar-refractivity contribution in [3.63, 3.8) is 0 Å². The summed E-state index contributed by atoms with van der Waals surface area (Å²) in [6.07, 6.45) is 3.65. The van der Waals surface area contributed by atoms with Crippen molar-refractivity contribution >= 4 is 11.7 Å². The summed E-state index contributed by atoms with van der Waals surface area (Å²) in [6.45, 7) is 7.16. The molecule has 3 rings (SSSR count). The summed E-state index contributed by atoms with van der Waals surface area (Å²) in [5.41, 5.74) is 2.67. The summed E-state index contributed by atoms with van der Waals surface area (Å²) in [6, 6.07) is 6.19. The number of carbonyl (C=O) groups is 1. The Morgan fingerprint density at radius 1 is 1.25 bits per heavy atom. The van der Waals surface area contributed by atoms with Gasteiger partial charge in [-0.05, 0) is 26.0 Å². The van der Waals surface area contributed by atoms with E-state index in [1.807, 2.05) is 43.4 Å². The second-order valence-electron chi connectivity index (χ2n) is 6.19. The lowest BCUT2D eigenvalue weighted by Crippen LogP contribution is -2.50. The highest BCUT2D eigenvalue weighted by molar-refractivity contribution is 5.89. The third-order valence-electron chi connectivity index (χ3n) is 4.52. The van der Waals surface area contributed by atoms with Gasteiger partial charge >= 0.3 is 6.03 Å².